The highest BCUT2D eigenvalue weighted by atomic mass is 16.5. The van der Waals surface area contributed by atoms with Crippen LogP contribution < -0.4 is 10.1 Å². The van der Waals surface area contributed by atoms with Gasteiger partial charge in [-0.05, 0) is 91.6 Å². The van der Waals surface area contributed by atoms with Crippen LogP contribution in [0, 0.1) is 13.8 Å². The maximum atomic E-state index is 12.3. The summed E-state index contributed by atoms with van der Waals surface area (Å²) >= 11 is 0. The van der Waals surface area contributed by atoms with Crippen LogP contribution in [0.3, 0.4) is 0 Å². The molecule has 1 aromatic heterocycles. The van der Waals surface area contributed by atoms with Crippen molar-refractivity contribution in [3.8, 4) is 17.1 Å². The molecule has 0 radical (unpaired) electrons. The van der Waals surface area contributed by atoms with Gasteiger partial charge in [0, 0.05) is 17.3 Å². The van der Waals surface area contributed by atoms with Crippen LogP contribution in [0.1, 0.15) is 30.0 Å². The Bertz CT molecular complexity index is 1210. The van der Waals surface area contributed by atoms with Crippen LogP contribution in [0.5, 0.6) is 5.75 Å². The molecular formula is C27H27N3O2. The molecule has 0 unspecified atom stereocenters. The molecule has 5 nitrogen and oxygen atoms in total. The number of hydrogen-bond acceptors (Lipinski definition) is 3. The van der Waals surface area contributed by atoms with Crippen molar-refractivity contribution in [3.63, 3.8) is 0 Å². The highest BCUT2D eigenvalue weighted by molar-refractivity contribution is 6.02. The van der Waals surface area contributed by atoms with Crippen LogP contribution >= 0.6 is 0 Å². The van der Waals surface area contributed by atoms with Crippen LogP contribution in [0.2, 0.25) is 0 Å². The van der Waals surface area contributed by atoms with Crippen molar-refractivity contribution in [3.05, 3.63) is 83.4 Å². The molecule has 0 saturated carbocycles. The number of aryl methyl sites for hydroxylation is 2. The van der Waals surface area contributed by atoms with Crippen molar-refractivity contribution < 1.29 is 9.53 Å². The number of fused-ring (bicyclic) bond motifs is 1. The largest absolute Gasteiger partial charge is 0.494 e. The van der Waals surface area contributed by atoms with E-state index < -0.39 is 0 Å². The highest BCUT2D eigenvalue weighted by Gasteiger charge is 2.07. The van der Waals surface area contributed by atoms with Gasteiger partial charge in [-0.3, -0.25) is 4.79 Å². The Kier molecular flexibility index (Phi) is 6.36. The van der Waals surface area contributed by atoms with Gasteiger partial charge in [0.25, 0.3) is 0 Å². The summed E-state index contributed by atoms with van der Waals surface area (Å²) in [7, 11) is 0. The second-order valence-electron chi connectivity index (χ2n) is 7.86. The second-order valence-corrected chi connectivity index (χ2v) is 7.86. The predicted octanol–water partition coefficient (Wildman–Crippen LogP) is 6.29. The van der Waals surface area contributed by atoms with Crippen molar-refractivity contribution >= 4 is 28.7 Å². The first kappa shape index (κ1) is 21.4. The van der Waals surface area contributed by atoms with Crippen molar-refractivity contribution in [2.45, 2.75) is 27.2 Å². The molecule has 2 N–H and O–H groups in total. The monoisotopic (exact) mass is 425 g/mol. The average molecular weight is 426 g/mol. The SMILES string of the molecule is CCCOc1ccc(/C=C/C(=O)Nc2ccc(-c3nc4cc(C)c(C)cc4[nH]3)cc2)cc1. The summed E-state index contributed by atoms with van der Waals surface area (Å²) in [6.07, 6.45) is 4.28. The van der Waals surface area contributed by atoms with Crippen molar-refractivity contribution in [2.75, 3.05) is 11.9 Å². The smallest absolute Gasteiger partial charge is 0.248 e. The molecule has 1 amide bonds. The fraction of sp³-hybridized carbons (Fsp3) is 0.185. The fourth-order valence-electron chi connectivity index (χ4n) is 3.37. The molecule has 3 aromatic carbocycles. The van der Waals surface area contributed by atoms with Gasteiger partial charge in [0.05, 0.1) is 17.6 Å². The number of rotatable bonds is 7. The quantitative estimate of drug-likeness (QED) is 0.342. The van der Waals surface area contributed by atoms with E-state index in [2.05, 4.69) is 43.2 Å². The van der Waals surface area contributed by atoms with E-state index in [9.17, 15) is 4.79 Å². The van der Waals surface area contributed by atoms with E-state index in [1.54, 1.807) is 6.08 Å². The summed E-state index contributed by atoms with van der Waals surface area (Å²) < 4.78 is 5.57. The molecule has 4 rings (SSSR count). The van der Waals surface area contributed by atoms with Gasteiger partial charge in [-0.25, -0.2) is 4.98 Å². The van der Waals surface area contributed by atoms with Gasteiger partial charge >= 0.3 is 0 Å². The van der Waals surface area contributed by atoms with Crippen LogP contribution in [0.25, 0.3) is 28.5 Å². The van der Waals surface area contributed by atoms with Crippen LogP contribution in [-0.2, 0) is 4.79 Å². The number of carbonyl (C=O) groups is 1. The standard InChI is InChI=1S/C27H27N3O2/c1-4-15-32-23-12-5-20(6-13-23)7-14-26(31)28-22-10-8-21(9-11-22)27-29-24-16-18(2)19(3)17-25(24)30-27/h5-14,16-17H,4,15H2,1-3H3,(H,28,31)(H,29,30)/b14-7+. The number of benzene rings is 3. The van der Waals surface area contributed by atoms with Gasteiger partial charge in [-0.2, -0.15) is 0 Å². The molecule has 0 spiro atoms. The number of nitrogens with one attached hydrogen (secondary N) is 2. The van der Waals surface area contributed by atoms with Crippen molar-refractivity contribution in [2.24, 2.45) is 0 Å². The van der Waals surface area contributed by atoms with Gasteiger partial charge in [-0.1, -0.05) is 19.1 Å². The van der Waals surface area contributed by atoms with Gasteiger partial charge in [0.2, 0.25) is 5.91 Å². The molecule has 5 heteroatoms. The third-order valence-electron chi connectivity index (χ3n) is 5.30. The number of amides is 1. The zero-order valence-electron chi connectivity index (χ0n) is 18.6. The molecule has 0 atom stereocenters. The number of aromatic amines is 1. The van der Waals surface area contributed by atoms with Crippen LogP contribution in [0.15, 0.2) is 66.7 Å². The number of ether oxygens (including phenoxy) is 1. The van der Waals surface area contributed by atoms with E-state index in [1.807, 2.05) is 48.5 Å². The zero-order valence-corrected chi connectivity index (χ0v) is 18.6. The number of carbonyl (C=O) groups excluding carboxylic acids is 1. The lowest BCUT2D eigenvalue weighted by Crippen LogP contribution is -2.07. The van der Waals surface area contributed by atoms with Gasteiger partial charge < -0.3 is 15.0 Å². The minimum Gasteiger partial charge on any atom is -0.494 e. The number of hydrogen-bond donors (Lipinski definition) is 2. The van der Waals surface area contributed by atoms with E-state index in [-0.39, 0.29) is 5.91 Å². The summed E-state index contributed by atoms with van der Waals surface area (Å²) in [6.45, 7) is 6.96. The van der Waals surface area contributed by atoms with E-state index in [1.165, 1.54) is 17.2 Å². The Hall–Kier alpha value is -3.86. The third-order valence-corrected chi connectivity index (χ3v) is 5.30. The molecular weight excluding hydrogens is 398 g/mol. The first-order valence-electron chi connectivity index (χ1n) is 10.8. The lowest BCUT2D eigenvalue weighted by Gasteiger charge is -2.04. The van der Waals surface area contributed by atoms with E-state index >= 15 is 0 Å². The summed E-state index contributed by atoms with van der Waals surface area (Å²) in [5.74, 6) is 1.47. The normalized spacial score (nSPS) is 11.2. The molecule has 32 heavy (non-hydrogen) atoms. The molecule has 0 aliphatic heterocycles. The Balaban J connectivity index is 1.39. The maximum Gasteiger partial charge on any atom is 0.248 e. The van der Waals surface area contributed by atoms with Gasteiger partial charge in [-0.15, -0.1) is 0 Å². The van der Waals surface area contributed by atoms with Crippen molar-refractivity contribution in [1.82, 2.24) is 9.97 Å². The third kappa shape index (κ3) is 5.06. The lowest BCUT2D eigenvalue weighted by atomic mass is 10.1. The number of aromatic nitrogens is 2. The second kappa shape index (κ2) is 9.52. The minimum atomic E-state index is -0.182. The summed E-state index contributed by atoms with van der Waals surface area (Å²) in [5.41, 5.74) is 7.08. The molecule has 1 heterocycles. The number of anilines is 1. The Morgan fingerprint density at radius 1 is 1.03 bits per heavy atom. The minimum absolute atomic E-state index is 0.182. The first-order chi connectivity index (χ1) is 15.5. The summed E-state index contributed by atoms with van der Waals surface area (Å²) in [6, 6.07) is 19.6. The van der Waals surface area contributed by atoms with Crippen molar-refractivity contribution in [1.29, 1.82) is 0 Å². The number of nitrogens with zero attached hydrogens (tertiary/aromatic N) is 1. The lowest BCUT2D eigenvalue weighted by molar-refractivity contribution is -0.111. The van der Waals surface area contributed by atoms with Gasteiger partial charge in [0.1, 0.15) is 11.6 Å². The molecule has 4 aromatic rings. The highest BCUT2D eigenvalue weighted by Crippen LogP contribution is 2.24. The number of imidazole rings is 1. The topological polar surface area (TPSA) is 67.0 Å². The summed E-state index contributed by atoms with van der Waals surface area (Å²) in [5, 5.41) is 2.89. The van der Waals surface area contributed by atoms with E-state index in [0.29, 0.717) is 6.61 Å². The molecule has 0 aliphatic carbocycles. The summed E-state index contributed by atoms with van der Waals surface area (Å²) in [4.78, 5) is 20.4. The van der Waals surface area contributed by atoms with E-state index in [4.69, 9.17) is 9.72 Å². The van der Waals surface area contributed by atoms with Crippen LogP contribution in [-0.4, -0.2) is 22.5 Å². The maximum absolute atomic E-state index is 12.3. The molecule has 0 saturated heterocycles. The molecule has 0 fully saturated rings. The zero-order chi connectivity index (χ0) is 22.5. The fourth-order valence-corrected chi connectivity index (χ4v) is 3.37. The molecule has 0 bridgehead atoms. The predicted molar refractivity (Wildman–Crippen MR) is 131 cm³/mol. The van der Waals surface area contributed by atoms with Gasteiger partial charge in [0.15, 0.2) is 0 Å². The van der Waals surface area contributed by atoms with E-state index in [0.717, 1.165) is 45.8 Å². The Morgan fingerprint density at radius 2 is 1.75 bits per heavy atom. The number of H-pyrrole nitrogens is 1. The molecule has 162 valence electrons. The molecule has 0 aliphatic rings. The first-order valence-corrected chi connectivity index (χ1v) is 10.8. The Labute approximate surface area is 188 Å². The Morgan fingerprint density at radius 3 is 2.47 bits per heavy atom. The van der Waals surface area contributed by atoms with Crippen LogP contribution in [0.4, 0.5) is 5.69 Å². The average Bonchev–Trinajstić information content (AvgIpc) is 3.20.